The summed E-state index contributed by atoms with van der Waals surface area (Å²) in [6.45, 7) is 6.03. The summed E-state index contributed by atoms with van der Waals surface area (Å²) in [5, 5.41) is 5.22. The SMILES string of the molecule is CC(C)(C)CC(=O)CNC(=O)Nc1ccc(Br)cc1. The second-order valence-corrected chi connectivity index (χ2v) is 6.51. The quantitative estimate of drug-likeness (QED) is 0.888. The van der Waals surface area contributed by atoms with Crippen molar-refractivity contribution in [2.45, 2.75) is 27.2 Å². The zero-order valence-electron chi connectivity index (χ0n) is 11.4. The van der Waals surface area contributed by atoms with Crippen LogP contribution in [0.5, 0.6) is 0 Å². The molecule has 1 aromatic rings. The van der Waals surface area contributed by atoms with E-state index in [4.69, 9.17) is 0 Å². The minimum Gasteiger partial charge on any atom is -0.331 e. The van der Waals surface area contributed by atoms with Crippen LogP contribution >= 0.6 is 15.9 Å². The molecule has 0 saturated carbocycles. The van der Waals surface area contributed by atoms with E-state index in [1.807, 2.05) is 32.9 Å². The molecule has 0 radical (unpaired) electrons. The smallest absolute Gasteiger partial charge is 0.319 e. The number of benzene rings is 1. The number of carbonyl (C=O) groups is 2. The van der Waals surface area contributed by atoms with Crippen LogP contribution < -0.4 is 10.6 Å². The number of rotatable bonds is 4. The average molecular weight is 327 g/mol. The maximum Gasteiger partial charge on any atom is 0.319 e. The third kappa shape index (κ3) is 6.96. The predicted molar refractivity (Wildman–Crippen MR) is 80.2 cm³/mol. The Hall–Kier alpha value is -1.36. The van der Waals surface area contributed by atoms with Crippen molar-refractivity contribution in [3.05, 3.63) is 28.7 Å². The number of Topliss-reactive ketones (excluding diaryl/α,β-unsaturated/α-hetero) is 1. The van der Waals surface area contributed by atoms with Gasteiger partial charge in [-0.2, -0.15) is 0 Å². The number of ketones is 1. The fraction of sp³-hybridized carbons (Fsp3) is 0.429. The van der Waals surface area contributed by atoms with Crippen molar-refractivity contribution < 1.29 is 9.59 Å². The highest BCUT2D eigenvalue weighted by Crippen LogP contribution is 2.18. The van der Waals surface area contributed by atoms with Crippen molar-refractivity contribution in [2.24, 2.45) is 5.41 Å². The molecule has 104 valence electrons. The number of hydrogen-bond acceptors (Lipinski definition) is 2. The summed E-state index contributed by atoms with van der Waals surface area (Å²) >= 11 is 3.32. The second kappa shape index (κ2) is 6.70. The van der Waals surface area contributed by atoms with Crippen molar-refractivity contribution in [3.63, 3.8) is 0 Å². The van der Waals surface area contributed by atoms with Crippen molar-refractivity contribution in [2.75, 3.05) is 11.9 Å². The van der Waals surface area contributed by atoms with Gasteiger partial charge in [-0.1, -0.05) is 36.7 Å². The number of hydrogen-bond donors (Lipinski definition) is 2. The predicted octanol–water partition coefficient (Wildman–Crippen LogP) is 3.58. The van der Waals surface area contributed by atoms with Gasteiger partial charge in [0.15, 0.2) is 5.78 Å². The van der Waals surface area contributed by atoms with Gasteiger partial charge in [-0.15, -0.1) is 0 Å². The Kier molecular flexibility index (Phi) is 5.54. The van der Waals surface area contributed by atoms with Crippen molar-refractivity contribution in [3.8, 4) is 0 Å². The zero-order valence-corrected chi connectivity index (χ0v) is 13.0. The standard InChI is InChI=1S/C14H19BrN2O2/c1-14(2,3)8-12(18)9-16-13(19)17-11-6-4-10(15)5-7-11/h4-7H,8-9H2,1-3H3,(H2,16,17,19). The Morgan fingerprint density at radius 3 is 2.26 bits per heavy atom. The fourth-order valence-corrected chi connectivity index (χ4v) is 1.81. The highest BCUT2D eigenvalue weighted by Gasteiger charge is 2.16. The molecule has 0 spiro atoms. The molecule has 0 aliphatic carbocycles. The Bertz CT molecular complexity index is 450. The van der Waals surface area contributed by atoms with E-state index in [1.165, 1.54) is 0 Å². The lowest BCUT2D eigenvalue weighted by atomic mass is 9.90. The number of anilines is 1. The lowest BCUT2D eigenvalue weighted by Crippen LogP contribution is -2.34. The molecule has 2 amide bonds. The highest BCUT2D eigenvalue weighted by molar-refractivity contribution is 9.10. The van der Waals surface area contributed by atoms with Crippen LogP contribution in [0.2, 0.25) is 0 Å². The Balaban J connectivity index is 2.36. The van der Waals surface area contributed by atoms with E-state index in [0.717, 1.165) is 4.47 Å². The summed E-state index contributed by atoms with van der Waals surface area (Å²) in [7, 11) is 0. The van der Waals surface area contributed by atoms with E-state index in [2.05, 4.69) is 26.6 Å². The molecule has 2 N–H and O–H groups in total. The number of amides is 2. The maximum absolute atomic E-state index is 11.6. The van der Waals surface area contributed by atoms with Crippen LogP contribution in [-0.2, 0) is 4.79 Å². The minimum atomic E-state index is -0.371. The molecule has 0 fully saturated rings. The molecular weight excluding hydrogens is 308 g/mol. The van der Waals surface area contributed by atoms with Gasteiger partial charge in [0, 0.05) is 16.6 Å². The summed E-state index contributed by atoms with van der Waals surface area (Å²) < 4.78 is 0.943. The highest BCUT2D eigenvalue weighted by atomic mass is 79.9. The summed E-state index contributed by atoms with van der Waals surface area (Å²) in [5.41, 5.74) is 0.630. The lowest BCUT2D eigenvalue weighted by Gasteiger charge is -2.16. The van der Waals surface area contributed by atoms with Crippen LogP contribution in [0.3, 0.4) is 0 Å². The largest absolute Gasteiger partial charge is 0.331 e. The van der Waals surface area contributed by atoms with E-state index in [9.17, 15) is 9.59 Å². The third-order valence-corrected chi connectivity index (χ3v) is 2.80. The van der Waals surface area contributed by atoms with Crippen LogP contribution in [0.1, 0.15) is 27.2 Å². The van der Waals surface area contributed by atoms with Crippen LogP contribution in [0.25, 0.3) is 0 Å². The molecular formula is C14H19BrN2O2. The molecule has 0 saturated heterocycles. The molecule has 0 aliphatic heterocycles. The summed E-state index contributed by atoms with van der Waals surface area (Å²) in [5.74, 6) is 0.0263. The first kappa shape index (κ1) is 15.7. The van der Waals surface area contributed by atoms with Crippen LogP contribution in [-0.4, -0.2) is 18.4 Å². The van der Waals surface area contributed by atoms with E-state index in [1.54, 1.807) is 12.1 Å². The van der Waals surface area contributed by atoms with Crippen molar-refractivity contribution in [1.29, 1.82) is 0 Å². The molecule has 4 nitrogen and oxygen atoms in total. The van der Waals surface area contributed by atoms with Crippen molar-refractivity contribution >= 4 is 33.4 Å². The second-order valence-electron chi connectivity index (χ2n) is 5.59. The molecule has 0 atom stereocenters. The van der Waals surface area contributed by atoms with Crippen LogP contribution in [0.15, 0.2) is 28.7 Å². The molecule has 0 heterocycles. The first-order valence-corrected chi connectivity index (χ1v) is 6.88. The summed E-state index contributed by atoms with van der Waals surface area (Å²) in [4.78, 5) is 23.2. The van der Waals surface area contributed by atoms with Gasteiger partial charge in [0.05, 0.1) is 6.54 Å². The average Bonchev–Trinajstić information content (AvgIpc) is 2.27. The molecule has 19 heavy (non-hydrogen) atoms. The van der Waals surface area contributed by atoms with Gasteiger partial charge in [0.1, 0.15) is 0 Å². The minimum absolute atomic E-state index is 0.0263. The summed E-state index contributed by atoms with van der Waals surface area (Å²) in [6, 6.07) is 6.85. The topological polar surface area (TPSA) is 58.2 Å². The Labute approximate surface area is 122 Å². The first-order valence-electron chi connectivity index (χ1n) is 6.08. The first-order chi connectivity index (χ1) is 8.76. The number of carbonyl (C=O) groups excluding carboxylic acids is 2. The van der Waals surface area contributed by atoms with Gasteiger partial charge in [0.25, 0.3) is 0 Å². The van der Waals surface area contributed by atoms with Crippen molar-refractivity contribution in [1.82, 2.24) is 5.32 Å². The lowest BCUT2D eigenvalue weighted by molar-refractivity contribution is -0.119. The maximum atomic E-state index is 11.6. The monoisotopic (exact) mass is 326 g/mol. The molecule has 0 aromatic heterocycles. The van der Waals surface area contributed by atoms with Gasteiger partial charge in [-0.25, -0.2) is 4.79 Å². The molecule has 5 heteroatoms. The van der Waals surface area contributed by atoms with E-state index in [0.29, 0.717) is 12.1 Å². The van der Waals surface area contributed by atoms with Gasteiger partial charge in [-0.3, -0.25) is 4.79 Å². The van der Waals surface area contributed by atoms with E-state index >= 15 is 0 Å². The molecule has 0 bridgehead atoms. The van der Waals surface area contributed by atoms with E-state index in [-0.39, 0.29) is 23.8 Å². The number of urea groups is 1. The fourth-order valence-electron chi connectivity index (χ4n) is 1.54. The molecule has 0 aliphatic rings. The van der Waals surface area contributed by atoms with Gasteiger partial charge >= 0.3 is 6.03 Å². The van der Waals surface area contributed by atoms with Crippen LogP contribution in [0, 0.1) is 5.41 Å². The summed E-state index contributed by atoms with van der Waals surface area (Å²) in [6.07, 6.45) is 0.450. The third-order valence-electron chi connectivity index (χ3n) is 2.28. The number of halogens is 1. The van der Waals surface area contributed by atoms with Gasteiger partial charge in [0.2, 0.25) is 0 Å². The molecule has 0 unspecified atom stereocenters. The molecule has 1 aromatic carbocycles. The normalized spacial score (nSPS) is 10.9. The van der Waals surface area contributed by atoms with Gasteiger partial charge < -0.3 is 10.6 Å². The zero-order chi connectivity index (χ0) is 14.5. The van der Waals surface area contributed by atoms with E-state index < -0.39 is 0 Å². The molecule has 1 rings (SSSR count). The van der Waals surface area contributed by atoms with Crippen LogP contribution in [0.4, 0.5) is 10.5 Å². The number of nitrogens with one attached hydrogen (secondary N) is 2. The Morgan fingerprint density at radius 1 is 1.16 bits per heavy atom. The van der Waals surface area contributed by atoms with Gasteiger partial charge in [-0.05, 0) is 29.7 Å². The Morgan fingerprint density at radius 2 is 1.74 bits per heavy atom.